The minimum Gasteiger partial charge on any atom is -0.315 e. The van der Waals surface area contributed by atoms with Crippen molar-refractivity contribution in [1.82, 2.24) is 10.2 Å². The van der Waals surface area contributed by atoms with Crippen LogP contribution >= 0.6 is 0 Å². The van der Waals surface area contributed by atoms with Crippen LogP contribution in [0.25, 0.3) is 0 Å². The van der Waals surface area contributed by atoms with Crippen molar-refractivity contribution in [2.45, 2.75) is 51.6 Å². The predicted molar refractivity (Wildman–Crippen MR) is 91.6 cm³/mol. The number of benzene rings is 1. The Morgan fingerprint density at radius 1 is 1.19 bits per heavy atom. The Morgan fingerprint density at radius 3 is 2.52 bits per heavy atom. The summed E-state index contributed by atoms with van der Waals surface area (Å²) in [6.45, 7) is 5.91. The largest absolute Gasteiger partial charge is 0.315 e. The average Bonchev–Trinajstić information content (AvgIpc) is 2.52. The average molecular weight is 288 g/mol. The van der Waals surface area contributed by atoms with Crippen LogP contribution in [0, 0.1) is 11.8 Å². The van der Waals surface area contributed by atoms with E-state index in [0.29, 0.717) is 12.1 Å². The minimum absolute atomic E-state index is 0.653. The first-order valence-corrected chi connectivity index (χ1v) is 8.53. The summed E-state index contributed by atoms with van der Waals surface area (Å²) in [4.78, 5) is 2.59. The summed E-state index contributed by atoms with van der Waals surface area (Å²) in [5, 5.41) is 3.55. The van der Waals surface area contributed by atoms with Crippen molar-refractivity contribution in [2.75, 3.05) is 20.6 Å². The second kappa shape index (κ2) is 7.95. The van der Waals surface area contributed by atoms with Crippen LogP contribution in [0.15, 0.2) is 30.3 Å². The maximum Gasteiger partial charge on any atom is 0.0249 e. The van der Waals surface area contributed by atoms with Crippen LogP contribution in [-0.4, -0.2) is 37.6 Å². The van der Waals surface area contributed by atoms with E-state index in [4.69, 9.17) is 0 Å². The molecule has 0 aliphatic heterocycles. The number of rotatable bonds is 6. The van der Waals surface area contributed by atoms with Crippen LogP contribution in [0.5, 0.6) is 0 Å². The maximum atomic E-state index is 3.55. The molecule has 1 aliphatic rings. The van der Waals surface area contributed by atoms with Crippen molar-refractivity contribution in [3.8, 4) is 0 Å². The van der Waals surface area contributed by atoms with Gasteiger partial charge in [-0.15, -0.1) is 0 Å². The van der Waals surface area contributed by atoms with Crippen LogP contribution in [-0.2, 0) is 6.42 Å². The highest BCUT2D eigenvalue weighted by Gasteiger charge is 2.33. The molecule has 0 radical (unpaired) electrons. The van der Waals surface area contributed by atoms with Gasteiger partial charge in [0.1, 0.15) is 0 Å². The van der Waals surface area contributed by atoms with Crippen molar-refractivity contribution in [2.24, 2.45) is 11.8 Å². The molecule has 21 heavy (non-hydrogen) atoms. The molecule has 2 rings (SSSR count). The van der Waals surface area contributed by atoms with Crippen LogP contribution in [0.4, 0.5) is 0 Å². The van der Waals surface area contributed by atoms with Gasteiger partial charge in [-0.1, -0.05) is 44.2 Å². The number of hydrogen-bond donors (Lipinski definition) is 1. The van der Waals surface area contributed by atoms with Gasteiger partial charge in [-0.3, -0.25) is 0 Å². The van der Waals surface area contributed by atoms with Gasteiger partial charge in [0.25, 0.3) is 0 Å². The van der Waals surface area contributed by atoms with Crippen LogP contribution in [0.3, 0.4) is 0 Å². The van der Waals surface area contributed by atoms with Gasteiger partial charge in [0.05, 0.1) is 0 Å². The Morgan fingerprint density at radius 2 is 1.90 bits per heavy atom. The second-order valence-corrected chi connectivity index (χ2v) is 7.00. The molecule has 3 atom stereocenters. The van der Waals surface area contributed by atoms with Gasteiger partial charge in [-0.25, -0.2) is 0 Å². The molecule has 1 aromatic rings. The van der Waals surface area contributed by atoms with Gasteiger partial charge < -0.3 is 10.2 Å². The number of likely N-dealkylation sites (N-methyl/N-ethyl adjacent to an activating group) is 2. The number of nitrogens with one attached hydrogen (secondary N) is 1. The summed E-state index contributed by atoms with van der Waals surface area (Å²) < 4.78 is 0. The van der Waals surface area contributed by atoms with Crippen molar-refractivity contribution in [3.63, 3.8) is 0 Å². The molecule has 2 heteroatoms. The summed E-state index contributed by atoms with van der Waals surface area (Å²) in [5.41, 5.74) is 1.45. The third-order valence-electron chi connectivity index (χ3n) is 5.33. The van der Waals surface area contributed by atoms with E-state index in [1.54, 1.807) is 0 Å². The van der Waals surface area contributed by atoms with Gasteiger partial charge in [0.15, 0.2) is 0 Å². The SMILES string of the molecule is CNC1CCC(C(C)C)CC1N(C)CCc1ccccc1. The molecule has 2 nitrogen and oxygen atoms in total. The molecule has 1 N–H and O–H groups in total. The molecule has 0 heterocycles. The van der Waals surface area contributed by atoms with E-state index < -0.39 is 0 Å². The van der Waals surface area contributed by atoms with E-state index >= 15 is 0 Å². The lowest BCUT2D eigenvalue weighted by molar-refractivity contribution is 0.107. The summed E-state index contributed by atoms with van der Waals surface area (Å²) in [7, 11) is 4.43. The first-order valence-electron chi connectivity index (χ1n) is 8.53. The van der Waals surface area contributed by atoms with Gasteiger partial charge in [-0.2, -0.15) is 0 Å². The lowest BCUT2D eigenvalue weighted by Gasteiger charge is -2.42. The summed E-state index contributed by atoms with van der Waals surface area (Å²) in [5.74, 6) is 1.70. The van der Waals surface area contributed by atoms with Crippen LogP contribution in [0.1, 0.15) is 38.7 Å². The van der Waals surface area contributed by atoms with E-state index in [1.807, 2.05) is 0 Å². The smallest absolute Gasteiger partial charge is 0.0249 e. The molecule has 0 spiro atoms. The van der Waals surface area contributed by atoms with Gasteiger partial charge in [0, 0.05) is 18.6 Å². The quantitative estimate of drug-likeness (QED) is 0.861. The van der Waals surface area contributed by atoms with Crippen molar-refractivity contribution in [1.29, 1.82) is 0 Å². The topological polar surface area (TPSA) is 15.3 Å². The second-order valence-electron chi connectivity index (χ2n) is 7.00. The fourth-order valence-corrected chi connectivity index (χ4v) is 3.72. The standard InChI is InChI=1S/C19H32N2/c1-15(2)17-10-11-18(20-3)19(14-17)21(4)13-12-16-8-6-5-7-9-16/h5-9,15,17-20H,10-14H2,1-4H3. The van der Waals surface area contributed by atoms with Crippen molar-refractivity contribution < 1.29 is 0 Å². The zero-order valence-corrected chi connectivity index (χ0v) is 14.2. The van der Waals surface area contributed by atoms with E-state index in [2.05, 4.69) is 68.5 Å². The molecule has 1 aliphatic carbocycles. The highest BCUT2D eigenvalue weighted by Crippen LogP contribution is 2.32. The highest BCUT2D eigenvalue weighted by atomic mass is 15.2. The molecule has 0 saturated heterocycles. The Balaban J connectivity index is 1.92. The summed E-state index contributed by atoms with van der Waals surface area (Å²) in [6.07, 6.45) is 5.19. The number of nitrogens with zero attached hydrogens (tertiary/aromatic N) is 1. The third-order valence-corrected chi connectivity index (χ3v) is 5.33. The predicted octanol–water partition coefficient (Wildman–Crippen LogP) is 3.57. The third kappa shape index (κ3) is 4.55. The van der Waals surface area contributed by atoms with Crippen molar-refractivity contribution in [3.05, 3.63) is 35.9 Å². The molecule has 1 fully saturated rings. The van der Waals surface area contributed by atoms with E-state index in [-0.39, 0.29) is 0 Å². The van der Waals surface area contributed by atoms with Gasteiger partial charge in [0.2, 0.25) is 0 Å². The fourth-order valence-electron chi connectivity index (χ4n) is 3.72. The monoisotopic (exact) mass is 288 g/mol. The number of hydrogen-bond acceptors (Lipinski definition) is 2. The molecular weight excluding hydrogens is 256 g/mol. The molecule has 0 bridgehead atoms. The molecule has 1 saturated carbocycles. The van der Waals surface area contributed by atoms with E-state index in [9.17, 15) is 0 Å². The molecule has 0 amide bonds. The van der Waals surface area contributed by atoms with Gasteiger partial charge >= 0.3 is 0 Å². The Bertz CT molecular complexity index is 401. The zero-order chi connectivity index (χ0) is 15.2. The maximum absolute atomic E-state index is 3.55. The molecule has 1 aromatic carbocycles. The highest BCUT2D eigenvalue weighted by molar-refractivity contribution is 5.14. The van der Waals surface area contributed by atoms with Crippen molar-refractivity contribution >= 4 is 0 Å². The molecule has 3 unspecified atom stereocenters. The van der Waals surface area contributed by atoms with Crippen LogP contribution < -0.4 is 5.32 Å². The van der Waals surface area contributed by atoms with Gasteiger partial charge in [-0.05, 0) is 57.2 Å². The Labute approximate surface area is 130 Å². The minimum atomic E-state index is 0.653. The fraction of sp³-hybridized carbons (Fsp3) is 0.684. The lowest BCUT2D eigenvalue weighted by Crippen LogP contribution is -2.52. The first kappa shape index (κ1) is 16.5. The first-order chi connectivity index (χ1) is 10.1. The zero-order valence-electron chi connectivity index (χ0n) is 14.2. The Hall–Kier alpha value is -0.860. The Kier molecular flexibility index (Phi) is 6.25. The normalized spacial score (nSPS) is 26.5. The van der Waals surface area contributed by atoms with E-state index in [1.165, 1.54) is 24.8 Å². The molecule has 0 aromatic heterocycles. The van der Waals surface area contributed by atoms with E-state index in [0.717, 1.165) is 24.8 Å². The summed E-state index contributed by atoms with van der Waals surface area (Å²) in [6, 6.07) is 12.2. The summed E-state index contributed by atoms with van der Waals surface area (Å²) >= 11 is 0. The van der Waals surface area contributed by atoms with Crippen LogP contribution in [0.2, 0.25) is 0 Å². The molecular formula is C19H32N2. The molecule has 118 valence electrons. The lowest BCUT2D eigenvalue weighted by atomic mass is 9.76.